The first-order valence-corrected chi connectivity index (χ1v) is 8.73. The first kappa shape index (κ1) is 15.1. The maximum absolute atomic E-state index is 12.9. The Labute approximate surface area is 129 Å². The molecule has 1 heteroatoms. The Morgan fingerprint density at radius 1 is 1.19 bits per heavy atom. The lowest BCUT2D eigenvalue weighted by Crippen LogP contribution is -2.47. The van der Waals surface area contributed by atoms with E-state index in [1.54, 1.807) is 0 Å². The van der Waals surface area contributed by atoms with Crippen LogP contribution < -0.4 is 0 Å². The van der Waals surface area contributed by atoms with Gasteiger partial charge in [0.25, 0.3) is 0 Å². The van der Waals surface area contributed by atoms with Gasteiger partial charge in [0.05, 0.1) is 0 Å². The molecule has 0 aromatic heterocycles. The molecule has 0 spiro atoms. The van der Waals surface area contributed by atoms with Crippen molar-refractivity contribution in [2.75, 3.05) is 0 Å². The van der Waals surface area contributed by atoms with Crippen molar-refractivity contribution in [2.24, 2.45) is 22.7 Å². The summed E-state index contributed by atoms with van der Waals surface area (Å²) in [7, 11) is 0. The highest BCUT2D eigenvalue weighted by Gasteiger charge is 2.52. The number of carbonyl (C=O) groups is 1. The summed E-state index contributed by atoms with van der Waals surface area (Å²) in [4.78, 5) is 12.9. The molecule has 3 aliphatic rings. The van der Waals surface area contributed by atoms with Crippen molar-refractivity contribution >= 4 is 5.78 Å². The summed E-state index contributed by atoms with van der Waals surface area (Å²) in [6.45, 7) is 11.6. The molecule has 1 saturated carbocycles. The van der Waals surface area contributed by atoms with Crippen molar-refractivity contribution in [2.45, 2.75) is 73.1 Å². The van der Waals surface area contributed by atoms with E-state index in [1.807, 2.05) is 6.08 Å². The molecule has 0 radical (unpaired) electrons. The van der Waals surface area contributed by atoms with Crippen LogP contribution >= 0.6 is 0 Å². The molecule has 21 heavy (non-hydrogen) atoms. The Bertz CT molecular complexity index is 532. The Hall–Kier alpha value is -0.850. The molecular weight excluding hydrogens is 256 g/mol. The van der Waals surface area contributed by atoms with Gasteiger partial charge in [-0.1, -0.05) is 52.2 Å². The molecular formula is C20H30O. The molecule has 0 N–H and O–H groups in total. The molecule has 0 aliphatic heterocycles. The molecule has 3 rings (SSSR count). The van der Waals surface area contributed by atoms with Crippen LogP contribution in [0.2, 0.25) is 0 Å². The van der Waals surface area contributed by atoms with Crippen molar-refractivity contribution in [1.29, 1.82) is 0 Å². The van der Waals surface area contributed by atoms with Crippen LogP contribution in [0.4, 0.5) is 0 Å². The van der Waals surface area contributed by atoms with Gasteiger partial charge in [-0.2, -0.15) is 0 Å². The zero-order valence-electron chi connectivity index (χ0n) is 14.4. The van der Waals surface area contributed by atoms with Gasteiger partial charge in [0, 0.05) is 5.57 Å². The van der Waals surface area contributed by atoms with Gasteiger partial charge in [-0.3, -0.25) is 4.79 Å². The number of allylic oxidation sites excluding steroid dienone is 4. The van der Waals surface area contributed by atoms with Crippen molar-refractivity contribution in [3.8, 4) is 0 Å². The second kappa shape index (κ2) is 4.83. The van der Waals surface area contributed by atoms with E-state index >= 15 is 0 Å². The molecule has 0 aromatic rings. The van der Waals surface area contributed by atoms with Crippen LogP contribution in [-0.2, 0) is 4.79 Å². The lowest BCUT2D eigenvalue weighted by atomic mass is 9.49. The first-order valence-electron chi connectivity index (χ1n) is 8.73. The zero-order chi connectivity index (χ0) is 15.4. The maximum Gasteiger partial charge on any atom is 0.182 e. The van der Waals surface area contributed by atoms with Crippen LogP contribution in [0.5, 0.6) is 0 Å². The summed E-state index contributed by atoms with van der Waals surface area (Å²) >= 11 is 0. The minimum absolute atomic E-state index is 0.130. The molecule has 2 atom stereocenters. The van der Waals surface area contributed by atoms with Crippen LogP contribution in [0.15, 0.2) is 22.8 Å². The predicted octanol–water partition coefficient (Wildman–Crippen LogP) is 5.46. The van der Waals surface area contributed by atoms with Gasteiger partial charge in [0.15, 0.2) is 5.78 Å². The average Bonchev–Trinajstić information content (AvgIpc) is 2.36. The second-order valence-corrected chi connectivity index (χ2v) is 8.74. The number of fused-ring (bicyclic) bond motifs is 2. The molecule has 116 valence electrons. The van der Waals surface area contributed by atoms with Gasteiger partial charge in [0.1, 0.15) is 0 Å². The Morgan fingerprint density at radius 2 is 1.90 bits per heavy atom. The molecule has 0 unspecified atom stereocenters. The van der Waals surface area contributed by atoms with Gasteiger partial charge < -0.3 is 0 Å². The van der Waals surface area contributed by atoms with Crippen LogP contribution in [-0.4, -0.2) is 5.78 Å². The second-order valence-electron chi connectivity index (χ2n) is 8.74. The SMILES string of the molecule is CC(C)C1=CC(=O)C2=C(CC[C@H]3C(C)(C)CCC[C@]23C)C1. The van der Waals surface area contributed by atoms with Crippen molar-refractivity contribution < 1.29 is 4.79 Å². The number of carbonyl (C=O) groups excluding carboxylic acids is 1. The topological polar surface area (TPSA) is 17.1 Å². The Kier molecular flexibility index (Phi) is 3.46. The summed E-state index contributed by atoms with van der Waals surface area (Å²) < 4.78 is 0. The van der Waals surface area contributed by atoms with E-state index in [9.17, 15) is 4.79 Å². The van der Waals surface area contributed by atoms with E-state index < -0.39 is 0 Å². The third-order valence-corrected chi connectivity index (χ3v) is 6.61. The van der Waals surface area contributed by atoms with Crippen LogP contribution in [0.3, 0.4) is 0 Å². The molecule has 3 aliphatic carbocycles. The third kappa shape index (κ3) is 2.24. The third-order valence-electron chi connectivity index (χ3n) is 6.61. The number of hydrogen-bond donors (Lipinski definition) is 0. The molecule has 0 amide bonds. The lowest BCUT2D eigenvalue weighted by molar-refractivity contribution is -0.114. The quantitative estimate of drug-likeness (QED) is 0.625. The van der Waals surface area contributed by atoms with Gasteiger partial charge in [-0.15, -0.1) is 0 Å². The number of hydrogen-bond acceptors (Lipinski definition) is 1. The maximum atomic E-state index is 12.9. The summed E-state index contributed by atoms with van der Waals surface area (Å²) in [5, 5.41) is 0. The molecule has 0 aromatic carbocycles. The van der Waals surface area contributed by atoms with Crippen molar-refractivity contribution in [3.05, 3.63) is 22.8 Å². The Morgan fingerprint density at radius 3 is 2.57 bits per heavy atom. The van der Waals surface area contributed by atoms with E-state index in [-0.39, 0.29) is 5.41 Å². The van der Waals surface area contributed by atoms with E-state index in [1.165, 1.54) is 42.4 Å². The number of rotatable bonds is 1. The highest BCUT2D eigenvalue weighted by atomic mass is 16.1. The highest BCUT2D eigenvalue weighted by Crippen LogP contribution is 2.60. The van der Waals surface area contributed by atoms with Crippen molar-refractivity contribution in [1.82, 2.24) is 0 Å². The number of ketones is 1. The summed E-state index contributed by atoms with van der Waals surface area (Å²) in [5.41, 5.74) is 4.55. The zero-order valence-corrected chi connectivity index (χ0v) is 14.4. The monoisotopic (exact) mass is 286 g/mol. The molecule has 0 heterocycles. The fraction of sp³-hybridized carbons (Fsp3) is 0.750. The van der Waals surface area contributed by atoms with E-state index in [4.69, 9.17) is 0 Å². The fourth-order valence-corrected chi connectivity index (χ4v) is 5.52. The molecule has 1 nitrogen and oxygen atoms in total. The molecule has 0 bridgehead atoms. The standard InChI is InChI=1S/C20H30O/c1-13(2)15-11-14-7-8-17-19(3,4)9-6-10-20(17,5)18(14)16(21)12-15/h12-13,17H,6-11H2,1-5H3/t17-,20-/m0/s1. The van der Waals surface area contributed by atoms with E-state index in [0.29, 0.717) is 23.0 Å². The normalized spacial score (nSPS) is 35.4. The molecule has 1 fully saturated rings. The average molecular weight is 286 g/mol. The van der Waals surface area contributed by atoms with Crippen LogP contribution in [0.25, 0.3) is 0 Å². The van der Waals surface area contributed by atoms with Gasteiger partial charge in [-0.25, -0.2) is 0 Å². The minimum atomic E-state index is 0.130. The largest absolute Gasteiger partial charge is 0.290 e. The first-order chi connectivity index (χ1) is 9.75. The lowest BCUT2D eigenvalue weighted by Gasteiger charge is -2.55. The van der Waals surface area contributed by atoms with Gasteiger partial charge >= 0.3 is 0 Å². The fourth-order valence-electron chi connectivity index (χ4n) is 5.52. The highest BCUT2D eigenvalue weighted by molar-refractivity contribution is 6.07. The van der Waals surface area contributed by atoms with E-state index in [0.717, 1.165) is 12.8 Å². The minimum Gasteiger partial charge on any atom is -0.290 e. The summed E-state index contributed by atoms with van der Waals surface area (Å²) in [6.07, 6.45) is 9.24. The molecule has 0 saturated heterocycles. The van der Waals surface area contributed by atoms with E-state index in [2.05, 4.69) is 34.6 Å². The Balaban J connectivity index is 2.02. The predicted molar refractivity (Wildman–Crippen MR) is 88.0 cm³/mol. The summed E-state index contributed by atoms with van der Waals surface area (Å²) in [5.74, 6) is 1.51. The van der Waals surface area contributed by atoms with Crippen molar-refractivity contribution in [3.63, 3.8) is 0 Å². The smallest absolute Gasteiger partial charge is 0.182 e. The van der Waals surface area contributed by atoms with Crippen LogP contribution in [0.1, 0.15) is 73.1 Å². The summed E-state index contributed by atoms with van der Waals surface area (Å²) in [6, 6.07) is 0. The van der Waals surface area contributed by atoms with Gasteiger partial charge in [0.2, 0.25) is 0 Å². The van der Waals surface area contributed by atoms with Crippen LogP contribution in [0, 0.1) is 22.7 Å². The van der Waals surface area contributed by atoms with Gasteiger partial charge in [-0.05, 0) is 60.8 Å².